The first kappa shape index (κ1) is 22.1. The number of nitriles is 1. The molecule has 0 bridgehead atoms. The Labute approximate surface area is 189 Å². The van der Waals surface area contributed by atoms with E-state index in [0.29, 0.717) is 33.7 Å². The van der Waals surface area contributed by atoms with Crippen molar-refractivity contribution in [3.8, 4) is 17.5 Å². The highest BCUT2D eigenvalue weighted by atomic mass is 32.2. The van der Waals surface area contributed by atoms with Crippen molar-refractivity contribution in [2.45, 2.75) is 4.90 Å². The average Bonchev–Trinajstić information content (AvgIpc) is 3.22. The van der Waals surface area contributed by atoms with Crippen LogP contribution in [0.25, 0.3) is 22.4 Å². The van der Waals surface area contributed by atoms with E-state index in [-0.39, 0.29) is 10.7 Å². The lowest BCUT2D eigenvalue weighted by Crippen LogP contribution is -2.34. The molecule has 0 unspecified atom stereocenters. The first-order valence-electron chi connectivity index (χ1n) is 9.78. The molecule has 0 radical (unpaired) electrons. The number of aromatic nitrogens is 2. The second-order valence-corrected chi connectivity index (χ2v) is 9.31. The number of likely N-dealkylation sites (N-methyl/N-ethyl adjacent to an activating group) is 1. The molecule has 2 N–H and O–H groups in total. The van der Waals surface area contributed by atoms with Crippen molar-refractivity contribution < 1.29 is 17.6 Å². The highest BCUT2D eigenvalue weighted by molar-refractivity contribution is 7.89. The number of hydrogen-bond acceptors (Lipinski definition) is 5. The topological polar surface area (TPSA) is 119 Å². The lowest BCUT2D eigenvalue weighted by atomic mass is 10.2. The van der Waals surface area contributed by atoms with Crippen LogP contribution < -0.4 is 5.32 Å². The van der Waals surface area contributed by atoms with Crippen molar-refractivity contribution in [2.24, 2.45) is 0 Å². The summed E-state index contributed by atoms with van der Waals surface area (Å²) < 4.78 is 39.4. The Morgan fingerprint density at radius 2 is 1.82 bits per heavy atom. The number of aromatic amines is 1. The van der Waals surface area contributed by atoms with Crippen molar-refractivity contribution in [3.05, 3.63) is 78.1 Å². The Morgan fingerprint density at radius 1 is 1.12 bits per heavy atom. The largest absolute Gasteiger partial charge is 0.338 e. The van der Waals surface area contributed by atoms with Crippen LogP contribution in [-0.4, -0.2) is 42.2 Å². The number of anilines is 1. The molecule has 0 aliphatic rings. The fourth-order valence-electron chi connectivity index (χ4n) is 3.20. The molecule has 0 spiro atoms. The van der Waals surface area contributed by atoms with E-state index in [0.717, 1.165) is 4.31 Å². The van der Waals surface area contributed by atoms with Gasteiger partial charge < -0.3 is 10.3 Å². The molecule has 33 heavy (non-hydrogen) atoms. The number of sulfonamides is 1. The van der Waals surface area contributed by atoms with E-state index in [2.05, 4.69) is 15.3 Å². The Kier molecular flexibility index (Phi) is 5.91. The quantitative estimate of drug-likeness (QED) is 0.454. The Balaban J connectivity index is 1.46. The third kappa shape index (κ3) is 4.74. The summed E-state index contributed by atoms with van der Waals surface area (Å²) in [4.78, 5) is 20.1. The molecule has 0 aliphatic heterocycles. The zero-order valence-electron chi connectivity index (χ0n) is 17.4. The minimum atomic E-state index is -3.90. The summed E-state index contributed by atoms with van der Waals surface area (Å²) in [7, 11) is -2.59. The van der Waals surface area contributed by atoms with Gasteiger partial charge in [-0.1, -0.05) is 0 Å². The summed E-state index contributed by atoms with van der Waals surface area (Å²) in [6.07, 6.45) is 0. The minimum Gasteiger partial charge on any atom is -0.338 e. The van der Waals surface area contributed by atoms with Gasteiger partial charge in [-0.25, -0.2) is 17.8 Å². The van der Waals surface area contributed by atoms with Gasteiger partial charge in [0.1, 0.15) is 11.6 Å². The first-order valence-corrected chi connectivity index (χ1v) is 11.2. The molecule has 1 amide bonds. The Hall–Kier alpha value is -4.07. The summed E-state index contributed by atoms with van der Waals surface area (Å²) in [5, 5.41) is 11.5. The van der Waals surface area contributed by atoms with Crippen molar-refractivity contribution >= 4 is 32.7 Å². The maximum absolute atomic E-state index is 13.1. The third-order valence-electron chi connectivity index (χ3n) is 4.94. The molecule has 1 heterocycles. The van der Waals surface area contributed by atoms with Crippen LogP contribution in [0.3, 0.4) is 0 Å². The monoisotopic (exact) mass is 463 g/mol. The molecular weight excluding hydrogens is 445 g/mol. The SMILES string of the molecule is CN(CC(=O)Nc1ccc2nc(-c3ccc(F)cc3)[nH]c2c1)S(=O)(=O)c1ccc(C#N)cc1. The second kappa shape index (κ2) is 8.82. The minimum absolute atomic E-state index is 0.0102. The van der Waals surface area contributed by atoms with Crippen molar-refractivity contribution in [1.82, 2.24) is 14.3 Å². The number of imidazole rings is 1. The number of H-pyrrole nitrogens is 1. The summed E-state index contributed by atoms with van der Waals surface area (Å²) in [5.74, 6) is -0.305. The van der Waals surface area contributed by atoms with Crippen LogP contribution in [0.2, 0.25) is 0 Å². The van der Waals surface area contributed by atoms with Crippen LogP contribution >= 0.6 is 0 Å². The maximum Gasteiger partial charge on any atom is 0.243 e. The van der Waals surface area contributed by atoms with E-state index in [1.54, 1.807) is 30.3 Å². The van der Waals surface area contributed by atoms with Crippen LogP contribution in [-0.2, 0) is 14.8 Å². The summed E-state index contributed by atoms with van der Waals surface area (Å²) in [6, 6.07) is 18.3. The van der Waals surface area contributed by atoms with Crippen LogP contribution in [0.15, 0.2) is 71.6 Å². The zero-order chi connectivity index (χ0) is 23.6. The number of nitrogens with zero attached hydrogens (tertiary/aromatic N) is 3. The number of rotatable bonds is 6. The Bertz CT molecular complexity index is 1470. The van der Waals surface area contributed by atoms with E-state index in [4.69, 9.17) is 5.26 Å². The van der Waals surface area contributed by atoms with E-state index in [1.165, 1.54) is 43.4 Å². The fourth-order valence-corrected chi connectivity index (χ4v) is 4.33. The van der Waals surface area contributed by atoms with Gasteiger partial charge in [-0.15, -0.1) is 0 Å². The van der Waals surface area contributed by atoms with Gasteiger partial charge >= 0.3 is 0 Å². The molecule has 0 saturated carbocycles. The molecule has 3 aromatic carbocycles. The van der Waals surface area contributed by atoms with Gasteiger partial charge in [-0.2, -0.15) is 9.57 Å². The fraction of sp³-hybridized carbons (Fsp3) is 0.0870. The molecule has 0 aliphatic carbocycles. The van der Waals surface area contributed by atoms with Crippen molar-refractivity contribution in [3.63, 3.8) is 0 Å². The molecule has 0 fully saturated rings. The number of halogens is 1. The standard InChI is InChI=1S/C23H18FN5O3S/c1-29(33(31,32)19-9-2-15(13-25)3-10-19)14-22(30)26-18-8-11-20-21(12-18)28-23(27-20)16-4-6-17(24)7-5-16/h2-12H,14H2,1H3,(H,26,30)(H,27,28). The number of carbonyl (C=O) groups excluding carboxylic acids is 1. The van der Waals surface area contributed by atoms with Crippen molar-refractivity contribution in [1.29, 1.82) is 5.26 Å². The normalized spacial score (nSPS) is 11.5. The highest BCUT2D eigenvalue weighted by Crippen LogP contribution is 2.23. The van der Waals surface area contributed by atoms with Gasteiger partial charge in [0, 0.05) is 18.3 Å². The summed E-state index contributed by atoms with van der Waals surface area (Å²) in [6.45, 7) is -0.399. The molecule has 10 heteroatoms. The molecule has 0 atom stereocenters. The van der Waals surface area contributed by atoms with Gasteiger partial charge in [0.25, 0.3) is 0 Å². The van der Waals surface area contributed by atoms with Gasteiger partial charge in [0.15, 0.2) is 0 Å². The number of amides is 1. The molecule has 1 aromatic heterocycles. The van der Waals surface area contributed by atoms with E-state index in [1.807, 2.05) is 6.07 Å². The first-order chi connectivity index (χ1) is 15.8. The predicted molar refractivity (Wildman–Crippen MR) is 121 cm³/mol. The summed E-state index contributed by atoms with van der Waals surface area (Å²) in [5.41, 5.74) is 2.84. The molecular formula is C23H18FN5O3S. The highest BCUT2D eigenvalue weighted by Gasteiger charge is 2.23. The lowest BCUT2D eigenvalue weighted by Gasteiger charge is -2.17. The predicted octanol–water partition coefficient (Wildman–Crippen LogP) is 3.50. The number of hydrogen-bond donors (Lipinski definition) is 2. The second-order valence-electron chi connectivity index (χ2n) is 7.27. The van der Waals surface area contributed by atoms with E-state index in [9.17, 15) is 17.6 Å². The smallest absolute Gasteiger partial charge is 0.243 e. The maximum atomic E-state index is 13.1. The van der Waals surface area contributed by atoms with Crippen LogP contribution in [0.5, 0.6) is 0 Å². The number of nitrogens with one attached hydrogen (secondary N) is 2. The van der Waals surface area contributed by atoms with Crippen LogP contribution in [0.4, 0.5) is 10.1 Å². The molecule has 166 valence electrons. The van der Waals surface area contributed by atoms with E-state index < -0.39 is 22.5 Å². The average molecular weight is 463 g/mol. The van der Waals surface area contributed by atoms with Crippen LogP contribution in [0.1, 0.15) is 5.56 Å². The van der Waals surface area contributed by atoms with Gasteiger partial charge in [0.2, 0.25) is 15.9 Å². The third-order valence-corrected chi connectivity index (χ3v) is 6.76. The van der Waals surface area contributed by atoms with Gasteiger partial charge in [-0.05, 0) is 66.7 Å². The number of benzene rings is 3. The molecule has 4 aromatic rings. The zero-order valence-corrected chi connectivity index (χ0v) is 18.2. The van der Waals surface area contributed by atoms with Gasteiger partial charge in [-0.3, -0.25) is 4.79 Å². The molecule has 0 saturated heterocycles. The lowest BCUT2D eigenvalue weighted by molar-refractivity contribution is -0.116. The van der Waals surface area contributed by atoms with Crippen molar-refractivity contribution in [2.75, 3.05) is 18.9 Å². The van der Waals surface area contributed by atoms with Crippen LogP contribution in [0, 0.1) is 17.1 Å². The molecule has 8 nitrogen and oxygen atoms in total. The van der Waals surface area contributed by atoms with E-state index >= 15 is 0 Å². The summed E-state index contributed by atoms with van der Waals surface area (Å²) >= 11 is 0. The Morgan fingerprint density at radius 3 is 2.48 bits per heavy atom. The molecule has 4 rings (SSSR count). The van der Waals surface area contributed by atoms with Gasteiger partial charge in [0.05, 0.1) is 34.1 Å². The number of carbonyl (C=O) groups is 1. The number of fused-ring (bicyclic) bond motifs is 1.